The average molecular weight is 363 g/mol. The predicted octanol–water partition coefficient (Wildman–Crippen LogP) is 1.59. The Labute approximate surface area is 145 Å². The summed E-state index contributed by atoms with van der Waals surface area (Å²) in [5.74, 6) is -1.16. The number of anilines is 1. The molecule has 6 nitrogen and oxygen atoms in total. The zero-order valence-electron chi connectivity index (χ0n) is 13.4. The van der Waals surface area contributed by atoms with Gasteiger partial charge in [0.1, 0.15) is 5.82 Å². The highest BCUT2D eigenvalue weighted by molar-refractivity contribution is 7.89. The second-order valence-electron chi connectivity index (χ2n) is 5.76. The summed E-state index contributed by atoms with van der Waals surface area (Å²) in [6, 6.07) is 12.4. The Morgan fingerprint density at radius 3 is 2.76 bits per heavy atom. The number of hydrogen-bond donors (Lipinski definition) is 2. The minimum absolute atomic E-state index is 0.0304. The number of nitrogens with zero attached hydrogens (tertiary/aromatic N) is 1. The van der Waals surface area contributed by atoms with Crippen molar-refractivity contribution in [2.75, 3.05) is 18.0 Å². The topological polar surface area (TPSA) is 78.5 Å². The van der Waals surface area contributed by atoms with Gasteiger partial charge in [0.2, 0.25) is 0 Å². The molecule has 0 saturated heterocycles. The molecule has 2 aromatic rings. The normalized spacial score (nSPS) is 14.0. The zero-order valence-corrected chi connectivity index (χ0v) is 14.2. The van der Waals surface area contributed by atoms with Crippen LogP contribution in [0.15, 0.2) is 53.4 Å². The number of sulfonamides is 1. The van der Waals surface area contributed by atoms with Crippen LogP contribution in [0.25, 0.3) is 0 Å². The molecule has 1 amide bonds. The molecule has 0 spiro atoms. The van der Waals surface area contributed by atoms with Crippen molar-refractivity contribution in [3.63, 3.8) is 0 Å². The molecule has 0 aliphatic carbocycles. The maximum atomic E-state index is 13.2. The molecular formula is C17H18FN3O3S. The lowest BCUT2D eigenvalue weighted by Gasteiger charge is -2.30. The molecule has 2 N–H and O–H groups in total. The molecule has 2 aromatic carbocycles. The molecule has 25 heavy (non-hydrogen) atoms. The van der Waals surface area contributed by atoms with E-state index in [-0.39, 0.29) is 11.4 Å². The van der Waals surface area contributed by atoms with Gasteiger partial charge in [-0.15, -0.1) is 4.83 Å². The Balaban J connectivity index is 1.62. The Kier molecular flexibility index (Phi) is 5.00. The summed E-state index contributed by atoms with van der Waals surface area (Å²) in [5, 5.41) is 0. The summed E-state index contributed by atoms with van der Waals surface area (Å²) >= 11 is 0. The summed E-state index contributed by atoms with van der Waals surface area (Å²) in [6.07, 6.45) is 1.89. The predicted molar refractivity (Wildman–Crippen MR) is 91.8 cm³/mol. The number of para-hydroxylation sites is 1. The molecular weight excluding hydrogens is 345 g/mol. The van der Waals surface area contributed by atoms with Crippen molar-refractivity contribution in [2.24, 2.45) is 0 Å². The average Bonchev–Trinajstić information content (AvgIpc) is 2.60. The third-order valence-electron chi connectivity index (χ3n) is 3.97. The molecule has 3 rings (SSSR count). The number of aryl methyl sites for hydroxylation is 1. The number of halogens is 1. The van der Waals surface area contributed by atoms with Gasteiger partial charge in [0.05, 0.1) is 11.4 Å². The van der Waals surface area contributed by atoms with Crippen LogP contribution in [0.2, 0.25) is 0 Å². The van der Waals surface area contributed by atoms with Crippen LogP contribution in [0.1, 0.15) is 12.0 Å². The van der Waals surface area contributed by atoms with Crippen LogP contribution in [0.4, 0.5) is 10.1 Å². The number of rotatable bonds is 5. The van der Waals surface area contributed by atoms with E-state index in [0.717, 1.165) is 37.2 Å². The number of benzene rings is 2. The Bertz CT molecular complexity index is 886. The fourth-order valence-electron chi connectivity index (χ4n) is 2.81. The van der Waals surface area contributed by atoms with Gasteiger partial charge in [0.25, 0.3) is 15.9 Å². The van der Waals surface area contributed by atoms with Gasteiger partial charge in [-0.1, -0.05) is 24.3 Å². The first kappa shape index (κ1) is 17.4. The summed E-state index contributed by atoms with van der Waals surface area (Å²) < 4.78 is 37.3. The first-order chi connectivity index (χ1) is 12.0. The molecule has 0 aromatic heterocycles. The summed E-state index contributed by atoms with van der Waals surface area (Å²) in [5.41, 5.74) is 4.33. The molecule has 0 unspecified atom stereocenters. The molecule has 1 aliphatic heterocycles. The number of nitrogens with one attached hydrogen (secondary N) is 2. The number of fused-ring (bicyclic) bond motifs is 1. The fourth-order valence-corrected chi connectivity index (χ4v) is 3.70. The van der Waals surface area contributed by atoms with E-state index in [1.54, 1.807) is 0 Å². The summed E-state index contributed by atoms with van der Waals surface area (Å²) in [6.45, 7) is 0.754. The van der Waals surface area contributed by atoms with E-state index in [9.17, 15) is 17.6 Å². The number of amides is 1. The van der Waals surface area contributed by atoms with Gasteiger partial charge >= 0.3 is 0 Å². The number of hydrogen-bond acceptors (Lipinski definition) is 4. The molecule has 132 valence electrons. The largest absolute Gasteiger partial charge is 0.362 e. The zero-order chi connectivity index (χ0) is 17.9. The van der Waals surface area contributed by atoms with Crippen molar-refractivity contribution in [3.05, 3.63) is 59.9 Å². The third-order valence-corrected chi connectivity index (χ3v) is 5.22. The Hall–Kier alpha value is -2.45. The summed E-state index contributed by atoms with van der Waals surface area (Å²) in [7, 11) is -4.02. The Morgan fingerprint density at radius 1 is 1.16 bits per heavy atom. The standard InChI is InChI=1S/C17H18FN3O3S/c18-14-7-3-8-15(11-14)25(23,24)20-19-17(22)12-21-10-4-6-13-5-1-2-9-16(13)21/h1-3,5,7-9,11,20H,4,6,10,12H2,(H,19,22). The van der Waals surface area contributed by atoms with Crippen LogP contribution in [0.5, 0.6) is 0 Å². The second kappa shape index (κ2) is 7.20. The van der Waals surface area contributed by atoms with E-state index >= 15 is 0 Å². The van der Waals surface area contributed by atoms with Crippen molar-refractivity contribution >= 4 is 21.6 Å². The smallest absolute Gasteiger partial charge is 0.257 e. The van der Waals surface area contributed by atoms with E-state index in [1.165, 1.54) is 17.7 Å². The van der Waals surface area contributed by atoms with Crippen molar-refractivity contribution in [1.29, 1.82) is 0 Å². The maximum absolute atomic E-state index is 13.2. The highest BCUT2D eigenvalue weighted by Gasteiger charge is 2.20. The van der Waals surface area contributed by atoms with Crippen molar-refractivity contribution < 1.29 is 17.6 Å². The van der Waals surface area contributed by atoms with E-state index in [1.807, 2.05) is 34.0 Å². The molecule has 0 saturated carbocycles. The molecule has 0 fully saturated rings. The van der Waals surface area contributed by atoms with Gasteiger partial charge in [-0.2, -0.15) is 0 Å². The van der Waals surface area contributed by atoms with E-state index in [4.69, 9.17) is 0 Å². The SMILES string of the molecule is O=C(CN1CCCc2ccccc21)NNS(=O)(=O)c1cccc(F)c1. The lowest BCUT2D eigenvalue weighted by molar-refractivity contribution is -0.120. The van der Waals surface area contributed by atoms with Gasteiger partial charge in [0.15, 0.2) is 0 Å². The lowest BCUT2D eigenvalue weighted by Crippen LogP contribution is -2.47. The molecule has 0 bridgehead atoms. The van der Waals surface area contributed by atoms with Gasteiger partial charge in [-0.3, -0.25) is 10.2 Å². The molecule has 1 heterocycles. The number of carbonyl (C=O) groups excluding carboxylic acids is 1. The maximum Gasteiger partial charge on any atom is 0.257 e. The van der Waals surface area contributed by atoms with Crippen molar-refractivity contribution in [2.45, 2.75) is 17.7 Å². The highest BCUT2D eigenvalue weighted by Crippen LogP contribution is 2.26. The quantitative estimate of drug-likeness (QED) is 0.791. The molecule has 0 radical (unpaired) electrons. The highest BCUT2D eigenvalue weighted by atomic mass is 32.2. The van der Waals surface area contributed by atoms with Crippen molar-refractivity contribution in [1.82, 2.24) is 10.3 Å². The first-order valence-corrected chi connectivity index (χ1v) is 9.33. The van der Waals surface area contributed by atoms with Gasteiger partial charge in [-0.05, 0) is 42.7 Å². The van der Waals surface area contributed by atoms with Crippen LogP contribution < -0.4 is 15.2 Å². The minimum Gasteiger partial charge on any atom is -0.362 e. The first-order valence-electron chi connectivity index (χ1n) is 7.85. The van der Waals surface area contributed by atoms with E-state index < -0.39 is 21.7 Å². The molecule has 8 heteroatoms. The number of carbonyl (C=O) groups is 1. The second-order valence-corrected chi connectivity index (χ2v) is 7.45. The minimum atomic E-state index is -4.02. The molecule has 1 aliphatic rings. The lowest BCUT2D eigenvalue weighted by atomic mass is 10.0. The van der Waals surface area contributed by atoms with Gasteiger partial charge in [-0.25, -0.2) is 12.8 Å². The van der Waals surface area contributed by atoms with E-state index in [0.29, 0.717) is 0 Å². The van der Waals surface area contributed by atoms with Crippen molar-refractivity contribution in [3.8, 4) is 0 Å². The van der Waals surface area contributed by atoms with Crippen LogP contribution in [-0.4, -0.2) is 27.4 Å². The molecule has 0 atom stereocenters. The van der Waals surface area contributed by atoms with Crippen LogP contribution in [-0.2, 0) is 21.2 Å². The van der Waals surface area contributed by atoms with Crippen LogP contribution in [0.3, 0.4) is 0 Å². The fraction of sp³-hybridized carbons (Fsp3) is 0.235. The Morgan fingerprint density at radius 2 is 1.96 bits per heavy atom. The summed E-state index contributed by atoms with van der Waals surface area (Å²) in [4.78, 5) is 15.8. The van der Waals surface area contributed by atoms with Crippen LogP contribution in [0, 0.1) is 5.82 Å². The van der Waals surface area contributed by atoms with Gasteiger partial charge in [0, 0.05) is 12.2 Å². The number of hydrazine groups is 1. The van der Waals surface area contributed by atoms with E-state index in [2.05, 4.69) is 5.43 Å². The van der Waals surface area contributed by atoms with Gasteiger partial charge < -0.3 is 4.90 Å². The van der Waals surface area contributed by atoms with Crippen LogP contribution >= 0.6 is 0 Å². The monoisotopic (exact) mass is 363 g/mol. The third kappa shape index (κ3) is 4.15.